The van der Waals surface area contributed by atoms with Crippen molar-refractivity contribution in [1.29, 1.82) is 0 Å². The van der Waals surface area contributed by atoms with Gasteiger partial charge in [-0.3, -0.25) is 4.79 Å². The Morgan fingerprint density at radius 2 is 1.92 bits per heavy atom. The highest BCUT2D eigenvalue weighted by Crippen LogP contribution is 2.24. The molecule has 0 amide bonds. The van der Waals surface area contributed by atoms with Crippen molar-refractivity contribution in [2.24, 2.45) is 0 Å². The fourth-order valence-electron chi connectivity index (χ4n) is 0.913. The van der Waals surface area contributed by atoms with E-state index in [0.29, 0.717) is 11.3 Å². The van der Waals surface area contributed by atoms with E-state index < -0.39 is 0 Å². The standard InChI is InChI=1S/C9H10O3/c1-5(10)4-8-6(2)7(3)9(11)12-8/h4H,1-3H3/b8-4+. The van der Waals surface area contributed by atoms with Crippen molar-refractivity contribution < 1.29 is 14.3 Å². The van der Waals surface area contributed by atoms with Gasteiger partial charge in [0, 0.05) is 17.2 Å². The highest BCUT2D eigenvalue weighted by Gasteiger charge is 2.23. The number of allylic oxidation sites excluding steroid dienone is 2. The van der Waals surface area contributed by atoms with Crippen LogP contribution in [0, 0.1) is 0 Å². The Morgan fingerprint density at radius 1 is 1.33 bits per heavy atom. The molecule has 12 heavy (non-hydrogen) atoms. The Labute approximate surface area is 70.7 Å². The summed E-state index contributed by atoms with van der Waals surface area (Å²) in [7, 11) is 0. The zero-order valence-corrected chi connectivity index (χ0v) is 7.30. The summed E-state index contributed by atoms with van der Waals surface area (Å²) in [5.41, 5.74) is 1.32. The van der Waals surface area contributed by atoms with E-state index in [9.17, 15) is 9.59 Å². The minimum Gasteiger partial charge on any atom is -0.423 e. The fourth-order valence-corrected chi connectivity index (χ4v) is 0.913. The molecule has 64 valence electrons. The molecule has 0 saturated heterocycles. The quantitative estimate of drug-likeness (QED) is 0.436. The summed E-state index contributed by atoms with van der Waals surface area (Å²) in [5.74, 6) is -0.100. The van der Waals surface area contributed by atoms with Gasteiger partial charge in [-0.25, -0.2) is 4.79 Å². The van der Waals surface area contributed by atoms with Gasteiger partial charge >= 0.3 is 5.97 Å². The SMILES string of the molecule is CC(=O)/C=C1/OC(=O)C(C)=C1C. The lowest BCUT2D eigenvalue weighted by Gasteiger charge is -1.95. The third-order valence-corrected chi connectivity index (χ3v) is 1.78. The van der Waals surface area contributed by atoms with E-state index in [1.807, 2.05) is 0 Å². The Kier molecular flexibility index (Phi) is 2.13. The molecular formula is C9H10O3. The Balaban J connectivity index is 3.02. The zero-order chi connectivity index (χ0) is 9.30. The first-order valence-electron chi connectivity index (χ1n) is 3.64. The minimum atomic E-state index is -0.361. The van der Waals surface area contributed by atoms with Crippen LogP contribution in [0.1, 0.15) is 20.8 Å². The van der Waals surface area contributed by atoms with Crippen LogP contribution in [0.4, 0.5) is 0 Å². The molecule has 1 aliphatic rings. The van der Waals surface area contributed by atoms with Crippen molar-refractivity contribution in [3.05, 3.63) is 23.0 Å². The highest BCUT2D eigenvalue weighted by atomic mass is 16.5. The smallest absolute Gasteiger partial charge is 0.339 e. The summed E-state index contributed by atoms with van der Waals surface area (Å²) in [5, 5.41) is 0. The maximum absolute atomic E-state index is 10.9. The van der Waals surface area contributed by atoms with Crippen LogP contribution in [0.2, 0.25) is 0 Å². The van der Waals surface area contributed by atoms with Gasteiger partial charge in [-0.1, -0.05) is 0 Å². The van der Waals surface area contributed by atoms with Crippen LogP contribution in [-0.2, 0) is 14.3 Å². The van der Waals surface area contributed by atoms with Crippen LogP contribution in [0.3, 0.4) is 0 Å². The van der Waals surface area contributed by atoms with E-state index in [0.717, 1.165) is 5.57 Å². The molecule has 0 aromatic heterocycles. The molecular weight excluding hydrogens is 156 g/mol. The molecule has 3 nitrogen and oxygen atoms in total. The van der Waals surface area contributed by atoms with Gasteiger partial charge in [0.2, 0.25) is 0 Å². The van der Waals surface area contributed by atoms with E-state index in [1.165, 1.54) is 13.0 Å². The lowest BCUT2D eigenvalue weighted by atomic mass is 10.1. The molecule has 1 heterocycles. The average molecular weight is 166 g/mol. The number of hydrogen-bond donors (Lipinski definition) is 0. The van der Waals surface area contributed by atoms with Gasteiger partial charge < -0.3 is 4.74 Å². The molecule has 0 aliphatic carbocycles. The van der Waals surface area contributed by atoms with Gasteiger partial charge in [-0.05, 0) is 20.8 Å². The predicted octanol–water partition coefficient (Wildman–Crippen LogP) is 1.35. The van der Waals surface area contributed by atoms with Gasteiger partial charge in [0.15, 0.2) is 5.78 Å². The second kappa shape index (κ2) is 2.93. The first-order chi connectivity index (χ1) is 5.52. The molecule has 0 radical (unpaired) electrons. The molecule has 0 aromatic rings. The highest BCUT2D eigenvalue weighted by molar-refractivity contribution is 5.96. The third kappa shape index (κ3) is 1.44. The Bertz CT molecular complexity index is 308. The molecule has 0 spiro atoms. The summed E-state index contributed by atoms with van der Waals surface area (Å²) < 4.78 is 4.82. The first kappa shape index (κ1) is 8.71. The lowest BCUT2D eigenvalue weighted by molar-refractivity contribution is -0.133. The molecule has 0 bridgehead atoms. The van der Waals surface area contributed by atoms with E-state index in [2.05, 4.69) is 0 Å². The summed E-state index contributed by atoms with van der Waals surface area (Å²) in [6, 6.07) is 0. The van der Waals surface area contributed by atoms with Gasteiger partial charge in [0.25, 0.3) is 0 Å². The number of rotatable bonds is 1. The largest absolute Gasteiger partial charge is 0.423 e. The minimum absolute atomic E-state index is 0.119. The second-order valence-corrected chi connectivity index (χ2v) is 2.76. The summed E-state index contributed by atoms with van der Waals surface area (Å²) in [4.78, 5) is 21.6. The molecule has 0 aromatic carbocycles. The number of hydrogen-bond acceptors (Lipinski definition) is 3. The molecule has 0 unspecified atom stereocenters. The summed E-state index contributed by atoms with van der Waals surface area (Å²) >= 11 is 0. The molecule has 0 N–H and O–H groups in total. The van der Waals surface area contributed by atoms with Gasteiger partial charge in [0.05, 0.1) is 0 Å². The van der Waals surface area contributed by atoms with Crippen molar-refractivity contribution in [3.63, 3.8) is 0 Å². The summed E-state index contributed by atoms with van der Waals surface area (Å²) in [6.07, 6.45) is 1.32. The van der Waals surface area contributed by atoms with Gasteiger partial charge in [-0.2, -0.15) is 0 Å². The summed E-state index contributed by atoms with van der Waals surface area (Å²) in [6.45, 7) is 4.86. The third-order valence-electron chi connectivity index (χ3n) is 1.78. The van der Waals surface area contributed by atoms with Gasteiger partial charge in [0.1, 0.15) is 5.76 Å². The number of carbonyl (C=O) groups excluding carboxylic acids is 2. The Morgan fingerprint density at radius 3 is 2.25 bits per heavy atom. The number of ether oxygens (including phenoxy) is 1. The number of esters is 1. The van der Waals surface area contributed by atoms with Crippen LogP contribution in [0.5, 0.6) is 0 Å². The average Bonchev–Trinajstić information content (AvgIpc) is 2.17. The molecule has 0 atom stereocenters. The number of ketones is 1. The van der Waals surface area contributed by atoms with Crippen molar-refractivity contribution in [1.82, 2.24) is 0 Å². The number of cyclic esters (lactones) is 1. The van der Waals surface area contributed by atoms with Crippen LogP contribution in [0.25, 0.3) is 0 Å². The van der Waals surface area contributed by atoms with Crippen molar-refractivity contribution in [2.75, 3.05) is 0 Å². The molecule has 1 aliphatic heterocycles. The number of carbonyl (C=O) groups is 2. The molecule has 3 heteroatoms. The van der Waals surface area contributed by atoms with E-state index >= 15 is 0 Å². The Hall–Kier alpha value is -1.38. The normalized spacial score (nSPS) is 20.2. The van der Waals surface area contributed by atoms with E-state index in [1.54, 1.807) is 13.8 Å². The van der Waals surface area contributed by atoms with Crippen LogP contribution < -0.4 is 0 Å². The van der Waals surface area contributed by atoms with E-state index in [4.69, 9.17) is 4.74 Å². The maximum Gasteiger partial charge on any atom is 0.339 e. The van der Waals surface area contributed by atoms with Crippen molar-refractivity contribution in [3.8, 4) is 0 Å². The van der Waals surface area contributed by atoms with E-state index in [-0.39, 0.29) is 11.8 Å². The monoisotopic (exact) mass is 166 g/mol. The topological polar surface area (TPSA) is 43.4 Å². The lowest BCUT2D eigenvalue weighted by Crippen LogP contribution is -1.96. The van der Waals surface area contributed by atoms with Crippen LogP contribution >= 0.6 is 0 Å². The van der Waals surface area contributed by atoms with Crippen LogP contribution in [-0.4, -0.2) is 11.8 Å². The zero-order valence-electron chi connectivity index (χ0n) is 7.30. The predicted molar refractivity (Wildman–Crippen MR) is 43.2 cm³/mol. The fraction of sp³-hybridized carbons (Fsp3) is 0.333. The molecule has 0 saturated carbocycles. The molecule has 0 fully saturated rings. The van der Waals surface area contributed by atoms with Crippen molar-refractivity contribution >= 4 is 11.8 Å². The van der Waals surface area contributed by atoms with Gasteiger partial charge in [-0.15, -0.1) is 0 Å². The first-order valence-corrected chi connectivity index (χ1v) is 3.64. The second-order valence-electron chi connectivity index (χ2n) is 2.76. The van der Waals surface area contributed by atoms with Crippen LogP contribution in [0.15, 0.2) is 23.0 Å². The molecule has 1 rings (SSSR count). The maximum atomic E-state index is 10.9. The van der Waals surface area contributed by atoms with Crippen molar-refractivity contribution in [2.45, 2.75) is 20.8 Å².